The number of nitrogens with two attached hydrogens (primary N) is 1. The van der Waals surface area contributed by atoms with Gasteiger partial charge in [-0.1, -0.05) is 12.8 Å². The summed E-state index contributed by atoms with van der Waals surface area (Å²) in [5, 5.41) is 0. The second kappa shape index (κ2) is 6.22. The Kier molecular flexibility index (Phi) is 4.87. The zero-order valence-corrected chi connectivity index (χ0v) is 9.25. The second-order valence-corrected chi connectivity index (χ2v) is 3.87. The molecule has 0 aromatic carbocycles. The molecule has 0 aliphatic rings. The summed E-state index contributed by atoms with van der Waals surface area (Å²) < 4.78 is 0. The van der Waals surface area contributed by atoms with Crippen LogP contribution in [-0.4, -0.2) is 15.9 Å². The number of aromatic nitrogens is 2. The van der Waals surface area contributed by atoms with Gasteiger partial charge in [0.2, 0.25) is 5.91 Å². The maximum absolute atomic E-state index is 10.5. The van der Waals surface area contributed by atoms with Gasteiger partial charge in [-0.2, -0.15) is 0 Å². The van der Waals surface area contributed by atoms with Crippen molar-refractivity contribution in [2.24, 2.45) is 5.73 Å². The first-order valence-corrected chi connectivity index (χ1v) is 5.47. The van der Waals surface area contributed by atoms with E-state index >= 15 is 0 Å². The number of nitrogens with zero attached hydrogens (tertiary/aromatic N) is 1. The summed E-state index contributed by atoms with van der Waals surface area (Å²) in [7, 11) is 0. The molecule has 0 radical (unpaired) electrons. The minimum atomic E-state index is -0.195. The Hall–Kier alpha value is -1.32. The number of imidazole rings is 1. The van der Waals surface area contributed by atoms with Crippen LogP contribution in [0.3, 0.4) is 0 Å². The van der Waals surface area contributed by atoms with Gasteiger partial charge in [0.05, 0.1) is 0 Å². The molecular formula is C11H19N3O. The van der Waals surface area contributed by atoms with Crippen molar-refractivity contribution in [3.8, 4) is 0 Å². The molecular weight excluding hydrogens is 190 g/mol. The second-order valence-electron chi connectivity index (χ2n) is 3.87. The Bertz CT molecular complexity index is 307. The molecule has 0 unspecified atom stereocenters. The van der Waals surface area contributed by atoms with Crippen molar-refractivity contribution in [3.63, 3.8) is 0 Å². The van der Waals surface area contributed by atoms with E-state index in [0.717, 1.165) is 37.9 Å². The number of nitrogens with one attached hydrogen (secondary N) is 1. The molecule has 0 aliphatic heterocycles. The Morgan fingerprint density at radius 3 is 2.73 bits per heavy atom. The number of rotatable bonds is 7. The van der Waals surface area contributed by atoms with Crippen molar-refractivity contribution in [3.05, 3.63) is 17.7 Å². The van der Waals surface area contributed by atoms with E-state index in [4.69, 9.17) is 5.73 Å². The highest BCUT2D eigenvalue weighted by Crippen LogP contribution is 2.07. The maximum Gasteiger partial charge on any atom is 0.217 e. The molecule has 1 aromatic heterocycles. The van der Waals surface area contributed by atoms with Crippen LogP contribution in [0.2, 0.25) is 0 Å². The first-order valence-electron chi connectivity index (χ1n) is 5.47. The number of hydrogen-bond donors (Lipinski definition) is 2. The van der Waals surface area contributed by atoms with Crippen LogP contribution in [0.15, 0.2) is 6.20 Å². The number of amides is 1. The SMILES string of the molecule is Cc1ncc(CCCCCCC(N)=O)[nH]1. The predicted octanol–water partition coefficient (Wildman–Crippen LogP) is 1.70. The van der Waals surface area contributed by atoms with Gasteiger partial charge in [-0.3, -0.25) is 4.79 Å². The Morgan fingerprint density at radius 1 is 1.40 bits per heavy atom. The predicted molar refractivity (Wildman–Crippen MR) is 59.3 cm³/mol. The maximum atomic E-state index is 10.5. The first kappa shape index (κ1) is 11.8. The van der Waals surface area contributed by atoms with E-state index in [0.29, 0.717) is 6.42 Å². The molecule has 1 heterocycles. The molecule has 1 aromatic rings. The van der Waals surface area contributed by atoms with Gasteiger partial charge in [0.1, 0.15) is 5.82 Å². The third-order valence-corrected chi connectivity index (χ3v) is 2.37. The summed E-state index contributed by atoms with van der Waals surface area (Å²) in [6, 6.07) is 0. The monoisotopic (exact) mass is 209 g/mol. The third kappa shape index (κ3) is 5.20. The number of carbonyl (C=O) groups excluding carboxylic acids is 1. The minimum Gasteiger partial charge on any atom is -0.370 e. The van der Waals surface area contributed by atoms with Crippen molar-refractivity contribution in [1.82, 2.24) is 9.97 Å². The van der Waals surface area contributed by atoms with E-state index in [9.17, 15) is 4.79 Å². The van der Waals surface area contributed by atoms with Gasteiger partial charge in [-0.25, -0.2) is 4.98 Å². The van der Waals surface area contributed by atoms with Crippen LogP contribution in [0.1, 0.15) is 43.6 Å². The number of aryl methyl sites for hydroxylation is 2. The average Bonchev–Trinajstić information content (AvgIpc) is 2.57. The number of H-pyrrole nitrogens is 1. The van der Waals surface area contributed by atoms with Crippen LogP contribution < -0.4 is 5.73 Å². The summed E-state index contributed by atoms with van der Waals surface area (Å²) >= 11 is 0. The van der Waals surface area contributed by atoms with Crippen molar-refractivity contribution in [2.75, 3.05) is 0 Å². The number of carbonyl (C=O) groups is 1. The average molecular weight is 209 g/mol. The minimum absolute atomic E-state index is 0.195. The first-order chi connectivity index (χ1) is 7.18. The molecule has 0 fully saturated rings. The largest absolute Gasteiger partial charge is 0.370 e. The normalized spacial score (nSPS) is 10.5. The Morgan fingerprint density at radius 2 is 2.13 bits per heavy atom. The molecule has 1 amide bonds. The van der Waals surface area contributed by atoms with E-state index < -0.39 is 0 Å². The van der Waals surface area contributed by atoms with Gasteiger partial charge in [0.25, 0.3) is 0 Å². The van der Waals surface area contributed by atoms with Crippen molar-refractivity contribution >= 4 is 5.91 Å². The summed E-state index contributed by atoms with van der Waals surface area (Å²) in [6.45, 7) is 1.95. The fraction of sp³-hybridized carbons (Fsp3) is 0.636. The van der Waals surface area contributed by atoms with Crippen LogP contribution >= 0.6 is 0 Å². The number of primary amides is 1. The van der Waals surface area contributed by atoms with Gasteiger partial charge in [0, 0.05) is 18.3 Å². The summed E-state index contributed by atoms with van der Waals surface area (Å²) in [5.74, 6) is 0.776. The zero-order chi connectivity index (χ0) is 11.1. The summed E-state index contributed by atoms with van der Waals surface area (Å²) in [6.07, 6.45) is 7.72. The molecule has 0 saturated heterocycles. The van der Waals surface area contributed by atoms with Crippen LogP contribution in [0.4, 0.5) is 0 Å². The highest BCUT2D eigenvalue weighted by Gasteiger charge is 1.98. The molecule has 3 N–H and O–H groups in total. The standard InChI is InChI=1S/C11H19N3O/c1-9-13-8-10(14-9)6-4-2-3-5-7-11(12)15/h8H,2-7H2,1H3,(H2,12,15)(H,13,14). The quantitative estimate of drug-likeness (QED) is 0.671. The lowest BCUT2D eigenvalue weighted by Gasteiger charge is -1.98. The van der Waals surface area contributed by atoms with Crippen molar-refractivity contribution in [2.45, 2.75) is 45.4 Å². The van der Waals surface area contributed by atoms with Gasteiger partial charge in [-0.15, -0.1) is 0 Å². The molecule has 4 heteroatoms. The van der Waals surface area contributed by atoms with Crippen LogP contribution in [0.25, 0.3) is 0 Å². The molecule has 4 nitrogen and oxygen atoms in total. The molecule has 0 saturated carbocycles. The lowest BCUT2D eigenvalue weighted by atomic mass is 10.1. The number of unbranched alkanes of at least 4 members (excludes halogenated alkanes) is 3. The lowest BCUT2D eigenvalue weighted by molar-refractivity contribution is -0.118. The van der Waals surface area contributed by atoms with E-state index in [1.165, 1.54) is 5.69 Å². The fourth-order valence-electron chi connectivity index (χ4n) is 1.57. The molecule has 0 bridgehead atoms. The van der Waals surface area contributed by atoms with Crippen molar-refractivity contribution < 1.29 is 4.79 Å². The van der Waals surface area contributed by atoms with Gasteiger partial charge in [0.15, 0.2) is 0 Å². The van der Waals surface area contributed by atoms with E-state index in [1.807, 2.05) is 13.1 Å². The van der Waals surface area contributed by atoms with Crippen LogP contribution in [0, 0.1) is 6.92 Å². The highest BCUT2D eigenvalue weighted by atomic mass is 16.1. The van der Waals surface area contributed by atoms with E-state index in [-0.39, 0.29) is 5.91 Å². The van der Waals surface area contributed by atoms with Gasteiger partial charge < -0.3 is 10.7 Å². The van der Waals surface area contributed by atoms with Gasteiger partial charge in [-0.05, 0) is 26.2 Å². The Balaban J connectivity index is 2.00. The molecule has 0 atom stereocenters. The molecule has 0 spiro atoms. The Labute approximate surface area is 90.3 Å². The van der Waals surface area contributed by atoms with Crippen LogP contribution in [-0.2, 0) is 11.2 Å². The lowest BCUT2D eigenvalue weighted by Crippen LogP contribution is -2.09. The summed E-state index contributed by atoms with van der Waals surface area (Å²) in [4.78, 5) is 17.8. The molecule has 84 valence electrons. The molecule has 0 aliphatic carbocycles. The van der Waals surface area contributed by atoms with Crippen LogP contribution in [0.5, 0.6) is 0 Å². The zero-order valence-electron chi connectivity index (χ0n) is 9.25. The number of aromatic amines is 1. The molecule has 1 rings (SSSR count). The third-order valence-electron chi connectivity index (χ3n) is 2.37. The smallest absolute Gasteiger partial charge is 0.217 e. The topological polar surface area (TPSA) is 71.8 Å². The van der Waals surface area contributed by atoms with E-state index in [1.54, 1.807) is 0 Å². The van der Waals surface area contributed by atoms with Crippen molar-refractivity contribution in [1.29, 1.82) is 0 Å². The molecule has 15 heavy (non-hydrogen) atoms. The highest BCUT2D eigenvalue weighted by molar-refractivity contribution is 5.73. The van der Waals surface area contributed by atoms with E-state index in [2.05, 4.69) is 9.97 Å². The summed E-state index contributed by atoms with van der Waals surface area (Å²) in [5.41, 5.74) is 6.25. The number of hydrogen-bond acceptors (Lipinski definition) is 2. The fourth-order valence-corrected chi connectivity index (χ4v) is 1.57. The van der Waals surface area contributed by atoms with Gasteiger partial charge >= 0.3 is 0 Å².